The number of carbonyl (C=O) groups is 4. The number of nitrogens with one attached hydrogen (secondary N) is 8. The van der Waals surface area contributed by atoms with Crippen LogP contribution in [0.4, 0.5) is 0 Å². The van der Waals surface area contributed by atoms with Gasteiger partial charge >= 0.3 is 17.9 Å². The molecule has 9 rings (SSSR count). The molecule has 28 nitrogen and oxygen atoms in total. The lowest BCUT2D eigenvalue weighted by atomic mass is 9.85. The number of nitrogens with zero attached hydrogens (tertiary/aromatic N) is 8. The fourth-order valence-corrected chi connectivity index (χ4v) is 14.7. The highest BCUT2D eigenvalue weighted by atomic mass is 16.6. The predicted octanol–water partition coefficient (Wildman–Crippen LogP) is 0.752. The van der Waals surface area contributed by atoms with Crippen LogP contribution in [-0.4, -0.2) is 308 Å². The molecule has 28 heteroatoms. The standard InChI is InChI=1S/C51H113N17.C26H23N3O8/c52-16-20-56-27-40-68(51-14-7-15-51)41-28-59-26-36-64(43-44-65(34-18-54)37-25-58-22-21-57-23-24-60-48-8-4-9-48)32-3-1-2-31-63(33-17-53)42-46-67(39-30-62-50-12-6-13-50)47-45-66(35-19-55)38-29-61-49-10-5-11-49;1-2-26(37-22(33)11-27-20(30)7-8-21(31)32)17-10-19-23-15(9-14-5-3-4-6-18(14)28-23)12-29(19)24(34)16(17)13-36-25(26)35/h48-51,56-62H,1-47,52-55H2;3-6,9-10H,2,7-8,11-13H2,1H3,(H,27,30)(H,31,32). The predicted molar refractivity (Wildman–Crippen MR) is 418 cm³/mol. The molecule has 4 heterocycles. The van der Waals surface area contributed by atoms with Crippen molar-refractivity contribution in [2.75, 3.05) is 216 Å². The number of esters is 2. The molecule has 6 aliphatic rings. The summed E-state index contributed by atoms with van der Waals surface area (Å²) >= 11 is 0. The molecule has 4 aliphatic carbocycles. The van der Waals surface area contributed by atoms with Gasteiger partial charge in [0.2, 0.25) is 11.5 Å². The van der Waals surface area contributed by atoms with E-state index < -0.39 is 36.0 Å². The largest absolute Gasteiger partial charge is 0.481 e. The van der Waals surface area contributed by atoms with E-state index >= 15 is 0 Å². The third-order valence-corrected chi connectivity index (χ3v) is 22.2. The number of rotatable bonds is 58. The molecule has 0 radical (unpaired) electrons. The molecular weight excluding hydrogens is 1330 g/mol. The number of hydrogen-bond acceptors (Lipinski definition) is 25. The van der Waals surface area contributed by atoms with E-state index in [1.165, 1.54) is 96.3 Å². The fraction of sp³-hybridized carbons (Fsp3) is 0.766. The maximum absolute atomic E-state index is 13.5. The number of carboxylic acid groups (broad SMARTS) is 1. The second kappa shape index (κ2) is 48.3. The zero-order chi connectivity index (χ0) is 74.3. The van der Waals surface area contributed by atoms with Gasteiger partial charge in [0, 0.05) is 243 Å². The first-order chi connectivity index (χ1) is 51.3. The Morgan fingerprint density at radius 1 is 0.571 bits per heavy atom. The number of pyridine rings is 2. The number of fused-ring (bicyclic) bond motifs is 5. The highest BCUT2D eigenvalue weighted by molar-refractivity contribution is 5.90. The minimum atomic E-state index is -1.88. The highest BCUT2D eigenvalue weighted by Crippen LogP contribution is 2.41. The first-order valence-electron chi connectivity index (χ1n) is 40.6. The molecule has 0 saturated heterocycles. The Bertz CT molecular complexity index is 3060. The summed E-state index contributed by atoms with van der Waals surface area (Å²) in [5.41, 5.74) is 25.1. The number of aromatic nitrogens is 2. The second-order valence-corrected chi connectivity index (χ2v) is 29.7. The van der Waals surface area contributed by atoms with E-state index in [4.69, 9.17) is 42.5 Å². The van der Waals surface area contributed by atoms with E-state index in [0.717, 1.165) is 237 Å². The number of cyclic esters (lactones) is 1. The summed E-state index contributed by atoms with van der Waals surface area (Å²) < 4.78 is 12.5. The molecule has 0 bridgehead atoms. The topological polar surface area (TPSA) is 362 Å². The number of carbonyl (C=O) groups excluding carboxylic acids is 3. The van der Waals surface area contributed by atoms with Crippen LogP contribution < -0.4 is 71.0 Å². The van der Waals surface area contributed by atoms with Gasteiger partial charge in [-0.3, -0.25) is 38.8 Å². The number of nitrogens with two attached hydrogens (primary N) is 4. The molecule has 1 atom stereocenters. The monoisotopic (exact) mass is 1470 g/mol. The molecule has 1 unspecified atom stereocenters. The van der Waals surface area contributed by atoms with Crippen molar-refractivity contribution < 1.29 is 33.8 Å². The molecule has 1 aromatic carbocycles. The van der Waals surface area contributed by atoms with Crippen molar-refractivity contribution in [1.82, 2.24) is 81.5 Å². The number of hydrogen-bond donors (Lipinski definition) is 13. The molecule has 2 aromatic heterocycles. The van der Waals surface area contributed by atoms with Crippen molar-refractivity contribution in [3.63, 3.8) is 0 Å². The quantitative estimate of drug-likeness (QED) is 0.0214. The second-order valence-electron chi connectivity index (χ2n) is 29.7. The van der Waals surface area contributed by atoms with Crippen LogP contribution in [0.2, 0.25) is 0 Å². The lowest BCUT2D eigenvalue weighted by Crippen LogP contribution is -2.48. The summed E-state index contributed by atoms with van der Waals surface area (Å²) in [5, 5.41) is 37.8. The van der Waals surface area contributed by atoms with Crippen LogP contribution in [-0.2, 0) is 47.4 Å². The van der Waals surface area contributed by atoms with Gasteiger partial charge in [-0.25, -0.2) is 9.78 Å². The molecule has 105 heavy (non-hydrogen) atoms. The average molecular weight is 1470 g/mol. The summed E-state index contributed by atoms with van der Waals surface area (Å²) in [5.74, 6) is -3.54. The van der Waals surface area contributed by atoms with E-state index in [9.17, 15) is 24.0 Å². The van der Waals surface area contributed by atoms with Gasteiger partial charge in [-0.2, -0.15) is 0 Å². The van der Waals surface area contributed by atoms with Gasteiger partial charge in [0.05, 0.1) is 35.4 Å². The lowest BCUT2D eigenvalue weighted by molar-refractivity contribution is -0.189. The zero-order valence-corrected chi connectivity index (χ0v) is 63.9. The van der Waals surface area contributed by atoms with Gasteiger partial charge in [-0.05, 0) is 102 Å². The summed E-state index contributed by atoms with van der Waals surface area (Å²) in [6.45, 7) is 33.5. The van der Waals surface area contributed by atoms with Crippen molar-refractivity contribution in [3.05, 3.63) is 63.4 Å². The van der Waals surface area contributed by atoms with Crippen LogP contribution in [0.1, 0.15) is 139 Å². The molecule has 2 aliphatic heterocycles. The van der Waals surface area contributed by atoms with Gasteiger partial charge in [0.1, 0.15) is 13.2 Å². The van der Waals surface area contributed by atoms with E-state index in [0.29, 0.717) is 31.0 Å². The van der Waals surface area contributed by atoms with Gasteiger partial charge < -0.3 is 94.4 Å². The van der Waals surface area contributed by atoms with E-state index in [2.05, 4.69) is 71.9 Å². The van der Waals surface area contributed by atoms with Crippen LogP contribution >= 0.6 is 0 Å². The van der Waals surface area contributed by atoms with Crippen molar-refractivity contribution in [2.45, 2.75) is 165 Å². The van der Waals surface area contributed by atoms with Crippen molar-refractivity contribution in [1.29, 1.82) is 0 Å². The third kappa shape index (κ3) is 28.9. The van der Waals surface area contributed by atoms with Crippen LogP contribution in [0.5, 0.6) is 0 Å². The third-order valence-electron chi connectivity index (χ3n) is 22.2. The molecule has 3 aromatic rings. The van der Waals surface area contributed by atoms with Crippen molar-refractivity contribution in [3.8, 4) is 11.4 Å². The minimum absolute atomic E-state index is 0.0154. The van der Waals surface area contributed by atoms with Crippen LogP contribution in [0.15, 0.2) is 41.2 Å². The minimum Gasteiger partial charge on any atom is -0.481 e. The van der Waals surface area contributed by atoms with Crippen LogP contribution in [0.25, 0.3) is 22.3 Å². The summed E-state index contributed by atoms with van der Waals surface area (Å²) in [6, 6.07) is 14.2. The number of carboxylic acids is 1. The smallest absolute Gasteiger partial charge is 0.355 e. The fourth-order valence-electron chi connectivity index (χ4n) is 14.7. The average Bonchev–Trinajstić information content (AvgIpc) is 1.67. The van der Waals surface area contributed by atoms with Gasteiger partial charge in [0.15, 0.2) is 0 Å². The van der Waals surface area contributed by atoms with Crippen LogP contribution in [0, 0.1) is 0 Å². The molecule has 4 fully saturated rings. The Morgan fingerprint density at radius 2 is 1.07 bits per heavy atom. The number of benzene rings is 1. The molecule has 0 spiro atoms. The summed E-state index contributed by atoms with van der Waals surface area (Å²) in [7, 11) is 0. The molecular formula is C77H136N20O8. The number of aliphatic carboxylic acids is 1. The first-order valence-corrected chi connectivity index (χ1v) is 40.6. The SMILES string of the molecule is CCC1(OC(=O)CNC(=O)CCC(=O)O)C(=O)OCc2c1cc1n(c2=O)Cc2cc3ccccc3nc2-1.NCCNCCN(CCNCCN(CCCCCN(CCN)CCN(CCNC1CCC1)CCN(CCN)CCNC1CCC1)CCN(CCN)CCNCCNCCNC1CCC1)C1CCC1. The highest BCUT2D eigenvalue weighted by Gasteiger charge is 2.50. The maximum Gasteiger partial charge on any atom is 0.355 e. The van der Waals surface area contributed by atoms with Gasteiger partial charge in [0.25, 0.3) is 5.56 Å². The normalized spacial score (nSPS) is 17.4. The zero-order valence-electron chi connectivity index (χ0n) is 63.9. The maximum atomic E-state index is 13.5. The Hall–Kier alpha value is -5.22. The van der Waals surface area contributed by atoms with Crippen LogP contribution in [0.3, 0.4) is 0 Å². The number of ether oxygens (including phenoxy) is 2. The number of para-hydroxylation sites is 1. The summed E-state index contributed by atoms with van der Waals surface area (Å²) in [6.07, 6.45) is 19.3. The Balaban J connectivity index is 0.000000314. The number of unbranched alkanes of at least 4 members (excludes halogenated alkanes) is 2. The Labute approximate surface area is 626 Å². The van der Waals surface area contributed by atoms with Crippen molar-refractivity contribution in [2.24, 2.45) is 22.9 Å². The molecule has 4 saturated carbocycles. The molecule has 1 amide bonds. The van der Waals surface area contributed by atoms with E-state index in [-0.39, 0.29) is 42.6 Å². The Kier molecular flexibility index (Phi) is 39.3. The Morgan fingerprint density at radius 3 is 1.60 bits per heavy atom. The summed E-state index contributed by atoms with van der Waals surface area (Å²) in [4.78, 5) is 82.3. The van der Waals surface area contributed by atoms with Gasteiger partial charge in [-0.15, -0.1) is 0 Å². The molecule has 17 N–H and O–H groups in total. The van der Waals surface area contributed by atoms with Gasteiger partial charge in [-0.1, -0.05) is 57.2 Å². The van der Waals surface area contributed by atoms with E-state index in [1.807, 2.05) is 30.3 Å². The molecule has 592 valence electrons. The lowest BCUT2D eigenvalue weighted by Gasteiger charge is -2.37. The van der Waals surface area contributed by atoms with Crippen molar-refractivity contribution >= 4 is 34.7 Å². The van der Waals surface area contributed by atoms with E-state index in [1.54, 1.807) is 17.6 Å². The number of amides is 1. The first kappa shape index (κ1) is 85.4.